The fraction of sp³-hybridized carbons (Fsp3) is 0.667. The second kappa shape index (κ2) is 10.6. The predicted octanol–water partition coefficient (Wildman–Crippen LogP) is -1.24. The van der Waals surface area contributed by atoms with Crippen molar-refractivity contribution in [3.05, 3.63) is 0 Å². The Morgan fingerprint density at radius 1 is 1.50 bits per heavy atom. The van der Waals surface area contributed by atoms with Gasteiger partial charge in [-0.25, -0.2) is 0 Å². The second-order valence-electron chi connectivity index (χ2n) is 1.38. The van der Waals surface area contributed by atoms with E-state index >= 15 is 0 Å². The van der Waals surface area contributed by atoms with E-state index in [4.69, 9.17) is 0 Å². The summed E-state index contributed by atoms with van der Waals surface area (Å²) >= 11 is 1.42. The van der Waals surface area contributed by atoms with Gasteiger partial charge < -0.3 is 17.0 Å². The van der Waals surface area contributed by atoms with Crippen LogP contribution in [0.25, 0.3) is 0 Å². The van der Waals surface area contributed by atoms with E-state index in [2.05, 4.69) is 11.8 Å². The van der Waals surface area contributed by atoms with Crippen LogP contribution < -0.4 is 17.0 Å². The van der Waals surface area contributed by atoms with E-state index in [-0.39, 0.29) is 17.0 Å². The molecule has 0 bridgehead atoms. The predicted molar refractivity (Wildman–Crippen MR) is 27.5 cm³/mol. The molecule has 0 saturated carbocycles. The van der Waals surface area contributed by atoms with Crippen molar-refractivity contribution in [1.82, 2.24) is 0 Å². The Morgan fingerprint density at radius 3 is 2.50 bits per heavy atom. The van der Waals surface area contributed by atoms with E-state index in [1.54, 1.807) is 0 Å². The van der Waals surface area contributed by atoms with E-state index < -0.39 is 0 Å². The zero-order valence-corrected chi connectivity index (χ0v) is 9.76. The fourth-order valence-corrected chi connectivity index (χ4v) is 0.863. The van der Waals surface area contributed by atoms with Crippen molar-refractivity contribution in [3.63, 3.8) is 0 Å². The minimum Gasteiger partial charge on any atom is -1.00 e. The van der Waals surface area contributed by atoms with E-state index in [0.717, 1.165) is 6.42 Å². The minimum atomic E-state index is 0. The molecule has 0 rings (SSSR count). The van der Waals surface area contributed by atoms with Crippen LogP contribution in [-0.2, 0) is 18.3 Å². The molecule has 0 nitrogen and oxygen atoms in total. The van der Waals surface area contributed by atoms with Gasteiger partial charge in [-0.05, 0) is 0 Å². The summed E-state index contributed by atoms with van der Waals surface area (Å²) < 4.78 is 0. The second-order valence-corrected chi connectivity index (χ2v) is 2.87. The van der Waals surface area contributed by atoms with Crippen molar-refractivity contribution in [3.8, 4) is 11.8 Å². The molecule has 0 aliphatic heterocycles. The standard InChI is InChI=1S/C6H9.BrH.Zn/c1-3-5-6-4-2;;/h1,3,5H2,2H3;1H;/q;;+1/p-1. The van der Waals surface area contributed by atoms with Gasteiger partial charge in [0.1, 0.15) is 0 Å². The van der Waals surface area contributed by atoms with Gasteiger partial charge >= 0.3 is 54.9 Å². The third-order valence-electron chi connectivity index (χ3n) is 0.729. The average molecular weight is 226 g/mol. The largest absolute Gasteiger partial charge is 1.00 e. The maximum absolute atomic E-state index is 3.02. The van der Waals surface area contributed by atoms with Crippen molar-refractivity contribution in [2.24, 2.45) is 0 Å². The van der Waals surface area contributed by atoms with Crippen LogP contribution in [0.3, 0.4) is 0 Å². The molecule has 0 atom stereocenters. The first-order valence-electron chi connectivity index (χ1n) is 2.60. The number of rotatable bonds is 2. The average Bonchev–Trinajstić information content (AvgIpc) is 1.69. The molecule has 0 heterocycles. The van der Waals surface area contributed by atoms with Crippen LogP contribution in [0.1, 0.15) is 19.8 Å². The first-order chi connectivity index (χ1) is 3.41. The summed E-state index contributed by atoms with van der Waals surface area (Å²) in [6.07, 6.45) is 2.41. The summed E-state index contributed by atoms with van der Waals surface area (Å²) in [5.74, 6) is 5.89. The normalized spacial score (nSPS) is 6.38. The van der Waals surface area contributed by atoms with Gasteiger partial charge in [-0.2, -0.15) is 0 Å². The summed E-state index contributed by atoms with van der Waals surface area (Å²) in [6, 6.07) is 0. The topological polar surface area (TPSA) is 0 Å². The molecule has 0 aliphatic carbocycles. The Labute approximate surface area is 71.9 Å². The molecule has 0 saturated heterocycles. The molecule has 0 aliphatic rings. The van der Waals surface area contributed by atoms with Gasteiger partial charge in [-0.3, -0.25) is 0 Å². The summed E-state index contributed by atoms with van der Waals surface area (Å²) in [5.41, 5.74) is 0. The summed E-state index contributed by atoms with van der Waals surface area (Å²) in [6.45, 7) is 1.89. The first-order valence-corrected chi connectivity index (χ1v) is 4.70. The molecule has 0 radical (unpaired) electrons. The van der Waals surface area contributed by atoms with Crippen LogP contribution in [0.15, 0.2) is 0 Å². The molecule has 0 unspecified atom stereocenters. The fourth-order valence-electron chi connectivity index (χ4n) is 0.338. The Bertz CT molecular complexity index is 80.3. The van der Waals surface area contributed by atoms with Crippen molar-refractivity contribution in [1.29, 1.82) is 0 Å². The minimum absolute atomic E-state index is 0. The van der Waals surface area contributed by atoms with Crippen molar-refractivity contribution >= 4 is 0 Å². The van der Waals surface area contributed by atoms with Crippen LogP contribution in [-0.4, -0.2) is 0 Å². The number of hydrogen-bond acceptors (Lipinski definition) is 0. The van der Waals surface area contributed by atoms with Gasteiger partial charge in [0.05, 0.1) is 0 Å². The van der Waals surface area contributed by atoms with Crippen LogP contribution in [0.2, 0.25) is 5.02 Å². The smallest absolute Gasteiger partial charge is 1.00 e. The van der Waals surface area contributed by atoms with Gasteiger partial charge in [0, 0.05) is 0 Å². The Morgan fingerprint density at radius 2 is 2.12 bits per heavy atom. The molecular weight excluding hydrogens is 217 g/mol. The van der Waals surface area contributed by atoms with Crippen molar-refractivity contribution < 1.29 is 35.3 Å². The maximum atomic E-state index is 3.02. The van der Waals surface area contributed by atoms with Gasteiger partial charge in [0.25, 0.3) is 0 Å². The maximum Gasteiger partial charge on any atom is -1.00 e. The van der Waals surface area contributed by atoms with Gasteiger partial charge in [0.2, 0.25) is 0 Å². The summed E-state index contributed by atoms with van der Waals surface area (Å²) in [4.78, 5) is 0. The zero-order valence-electron chi connectivity index (χ0n) is 5.21. The molecule has 0 amide bonds. The number of hydrogen-bond donors (Lipinski definition) is 0. The van der Waals surface area contributed by atoms with Gasteiger partial charge in [-0.15, -0.1) is 0 Å². The van der Waals surface area contributed by atoms with Gasteiger partial charge in [0.15, 0.2) is 0 Å². The molecular formula is C6H9BrZn. The van der Waals surface area contributed by atoms with E-state index in [1.165, 1.54) is 29.7 Å². The van der Waals surface area contributed by atoms with E-state index in [9.17, 15) is 0 Å². The molecule has 0 spiro atoms. The first kappa shape index (κ1) is 11.5. The molecule has 0 fully saturated rings. The van der Waals surface area contributed by atoms with Crippen LogP contribution in [0, 0.1) is 11.8 Å². The molecule has 0 N–H and O–H groups in total. The molecule has 0 aromatic carbocycles. The SMILES string of the molecule is CC#CCC[CH2][Zn+].[Br-]. The Balaban J connectivity index is 0. The molecule has 42 valence electrons. The number of unbranched alkanes of at least 4 members (excludes halogenated alkanes) is 1. The molecule has 0 aromatic heterocycles. The van der Waals surface area contributed by atoms with Crippen molar-refractivity contribution in [2.45, 2.75) is 24.8 Å². The monoisotopic (exact) mass is 224 g/mol. The van der Waals surface area contributed by atoms with Gasteiger partial charge in [-0.1, -0.05) is 0 Å². The third kappa shape index (κ3) is 9.83. The van der Waals surface area contributed by atoms with Crippen LogP contribution in [0.5, 0.6) is 0 Å². The van der Waals surface area contributed by atoms with E-state index in [1.807, 2.05) is 6.92 Å². The summed E-state index contributed by atoms with van der Waals surface area (Å²) in [5, 5.41) is 1.38. The third-order valence-corrected chi connectivity index (χ3v) is 1.78. The molecule has 8 heavy (non-hydrogen) atoms. The quantitative estimate of drug-likeness (QED) is 0.314. The van der Waals surface area contributed by atoms with Crippen LogP contribution >= 0.6 is 0 Å². The Hall–Kier alpha value is 0.663. The zero-order chi connectivity index (χ0) is 5.54. The summed E-state index contributed by atoms with van der Waals surface area (Å²) in [7, 11) is 0. The van der Waals surface area contributed by atoms with E-state index in [0.29, 0.717) is 0 Å². The molecule has 0 aromatic rings. The van der Waals surface area contributed by atoms with Crippen LogP contribution in [0.4, 0.5) is 0 Å². The number of halogens is 1. The van der Waals surface area contributed by atoms with Crippen molar-refractivity contribution in [2.75, 3.05) is 0 Å². The Kier molecular flexibility index (Phi) is 15.2. The molecule has 2 heteroatoms.